The molecule has 1 heterocycles. The fourth-order valence-electron chi connectivity index (χ4n) is 3.20. The molecule has 31 heavy (non-hydrogen) atoms. The number of rotatable bonds is 9. The third kappa shape index (κ3) is 5.97. The van der Waals surface area contributed by atoms with Crippen molar-refractivity contribution in [2.24, 2.45) is 0 Å². The molecule has 0 aliphatic heterocycles. The summed E-state index contributed by atoms with van der Waals surface area (Å²) in [6.07, 6.45) is 1.37. The van der Waals surface area contributed by atoms with E-state index in [-0.39, 0.29) is 18.4 Å². The van der Waals surface area contributed by atoms with Crippen LogP contribution in [0.4, 0.5) is 8.78 Å². The van der Waals surface area contributed by atoms with Gasteiger partial charge in [-0.3, -0.25) is 14.5 Å². The molecule has 0 saturated heterocycles. The first-order valence-electron chi connectivity index (χ1n) is 9.90. The molecule has 0 fully saturated rings. The van der Waals surface area contributed by atoms with Crippen molar-refractivity contribution in [1.82, 2.24) is 20.1 Å². The molecule has 0 saturated carbocycles. The average molecular weight is 447 g/mol. The van der Waals surface area contributed by atoms with Crippen LogP contribution in [0.1, 0.15) is 25.3 Å². The number of methoxy groups -OCH3 is 1. The number of aromatic amines is 1. The Morgan fingerprint density at radius 1 is 1.23 bits per heavy atom. The monoisotopic (exact) mass is 446 g/mol. The Morgan fingerprint density at radius 2 is 1.97 bits per heavy atom. The van der Waals surface area contributed by atoms with Gasteiger partial charge in [0.15, 0.2) is 22.2 Å². The fraction of sp³-hybridized carbons (Fsp3) is 0.318. The topological polar surface area (TPSA) is 71.9 Å². The smallest absolute Gasteiger partial charge is 0.222 e. The van der Waals surface area contributed by atoms with Gasteiger partial charge in [0.25, 0.3) is 0 Å². The Labute approximate surface area is 184 Å². The van der Waals surface area contributed by atoms with E-state index in [4.69, 9.17) is 17.0 Å². The van der Waals surface area contributed by atoms with Crippen LogP contribution in [0.5, 0.6) is 5.75 Å². The second-order valence-electron chi connectivity index (χ2n) is 7.24. The molecule has 2 N–H and O–H groups in total. The van der Waals surface area contributed by atoms with Crippen LogP contribution in [0.3, 0.4) is 0 Å². The van der Waals surface area contributed by atoms with Gasteiger partial charge < -0.3 is 10.1 Å². The van der Waals surface area contributed by atoms with Gasteiger partial charge in [-0.05, 0) is 73.9 Å². The minimum absolute atomic E-state index is 0.112. The maximum atomic E-state index is 13.3. The lowest BCUT2D eigenvalue weighted by molar-refractivity contribution is -0.121. The third-order valence-electron chi connectivity index (χ3n) is 4.93. The van der Waals surface area contributed by atoms with E-state index in [0.29, 0.717) is 35.5 Å². The van der Waals surface area contributed by atoms with E-state index >= 15 is 0 Å². The van der Waals surface area contributed by atoms with E-state index in [2.05, 4.69) is 15.5 Å². The largest absolute Gasteiger partial charge is 0.497 e. The first-order valence-corrected chi connectivity index (χ1v) is 10.3. The molecule has 0 bridgehead atoms. The highest BCUT2D eigenvalue weighted by molar-refractivity contribution is 7.71. The van der Waals surface area contributed by atoms with Crippen LogP contribution < -0.4 is 10.1 Å². The molecule has 0 spiro atoms. The zero-order valence-electron chi connectivity index (χ0n) is 17.3. The molecule has 6 nitrogen and oxygen atoms in total. The van der Waals surface area contributed by atoms with Crippen molar-refractivity contribution >= 4 is 18.1 Å². The van der Waals surface area contributed by atoms with Crippen molar-refractivity contribution < 1.29 is 18.3 Å². The maximum Gasteiger partial charge on any atom is 0.222 e. The number of nitrogens with zero attached hydrogens (tertiary/aromatic N) is 2. The van der Waals surface area contributed by atoms with Gasteiger partial charge in [-0.25, -0.2) is 8.78 Å². The number of halogens is 2. The summed E-state index contributed by atoms with van der Waals surface area (Å²) in [4.78, 5) is 12.4. The van der Waals surface area contributed by atoms with E-state index in [1.165, 1.54) is 6.07 Å². The number of hydrogen-bond acceptors (Lipinski definition) is 4. The number of aryl methyl sites for hydroxylation is 1. The second-order valence-corrected chi connectivity index (χ2v) is 7.62. The minimum atomic E-state index is -0.864. The number of ether oxygens (including phenoxy) is 1. The molecule has 9 heteroatoms. The van der Waals surface area contributed by atoms with Crippen LogP contribution in [-0.2, 0) is 17.8 Å². The summed E-state index contributed by atoms with van der Waals surface area (Å²) in [5.41, 5.74) is 1.54. The quantitative estimate of drug-likeness (QED) is 0.477. The Kier molecular flexibility index (Phi) is 7.51. The van der Waals surface area contributed by atoms with E-state index in [1.54, 1.807) is 17.7 Å². The molecule has 3 rings (SSSR count). The number of amides is 1. The van der Waals surface area contributed by atoms with Gasteiger partial charge in [-0.2, -0.15) is 5.10 Å². The lowest BCUT2D eigenvalue weighted by Gasteiger charge is -2.14. The van der Waals surface area contributed by atoms with Crippen LogP contribution in [0.15, 0.2) is 42.5 Å². The Bertz CT molecular complexity index is 1100. The molecule has 3 aromatic rings. The molecule has 0 radical (unpaired) electrons. The highest BCUT2D eigenvalue weighted by Gasteiger charge is 2.13. The van der Waals surface area contributed by atoms with Gasteiger partial charge in [-0.15, -0.1) is 0 Å². The van der Waals surface area contributed by atoms with E-state index in [9.17, 15) is 13.6 Å². The van der Waals surface area contributed by atoms with Crippen molar-refractivity contribution in [2.75, 3.05) is 7.11 Å². The van der Waals surface area contributed by atoms with Crippen LogP contribution in [0, 0.1) is 16.4 Å². The van der Waals surface area contributed by atoms with Gasteiger partial charge in [0.2, 0.25) is 5.91 Å². The number of H-pyrrole nitrogens is 1. The van der Waals surface area contributed by atoms with E-state index < -0.39 is 11.6 Å². The Morgan fingerprint density at radius 3 is 2.65 bits per heavy atom. The van der Waals surface area contributed by atoms with Crippen molar-refractivity contribution in [3.05, 3.63) is 64.4 Å². The van der Waals surface area contributed by atoms with Gasteiger partial charge in [0, 0.05) is 24.6 Å². The van der Waals surface area contributed by atoms with Gasteiger partial charge >= 0.3 is 0 Å². The van der Waals surface area contributed by atoms with Gasteiger partial charge in [0.05, 0.1) is 7.11 Å². The summed E-state index contributed by atoms with van der Waals surface area (Å²) in [7, 11) is 1.60. The summed E-state index contributed by atoms with van der Waals surface area (Å²) in [5, 5.41) is 9.97. The molecule has 0 aliphatic carbocycles. The normalized spacial score (nSPS) is 11.9. The van der Waals surface area contributed by atoms with Crippen molar-refractivity contribution in [3.8, 4) is 17.1 Å². The second kappa shape index (κ2) is 10.3. The first kappa shape index (κ1) is 22.6. The Hall–Kier alpha value is -3.07. The lowest BCUT2D eigenvalue weighted by atomic mass is 10.1. The first-order chi connectivity index (χ1) is 14.9. The summed E-state index contributed by atoms with van der Waals surface area (Å²) in [6, 6.07) is 11.2. The molecular formula is C22H24F2N4O2S. The van der Waals surface area contributed by atoms with Crippen LogP contribution in [0.25, 0.3) is 11.4 Å². The molecule has 1 unspecified atom stereocenters. The molecule has 1 amide bonds. The highest BCUT2D eigenvalue weighted by atomic mass is 32.1. The number of aromatic nitrogens is 3. The average Bonchev–Trinajstić information content (AvgIpc) is 3.13. The highest BCUT2D eigenvalue weighted by Crippen LogP contribution is 2.21. The number of nitrogens with one attached hydrogen (secondary N) is 2. The molecule has 164 valence electrons. The SMILES string of the molecule is COc1ccc(-c2n[nH]c(=S)n2CCC(=O)NC(C)CCc2ccc(F)c(F)c2)cc1. The van der Waals surface area contributed by atoms with Crippen molar-refractivity contribution in [3.63, 3.8) is 0 Å². The summed E-state index contributed by atoms with van der Waals surface area (Å²) < 4.78 is 33.7. The molecular weight excluding hydrogens is 422 g/mol. The lowest BCUT2D eigenvalue weighted by Crippen LogP contribution is -2.33. The summed E-state index contributed by atoms with van der Waals surface area (Å²) in [6.45, 7) is 2.25. The zero-order valence-corrected chi connectivity index (χ0v) is 18.1. The van der Waals surface area contributed by atoms with Crippen molar-refractivity contribution in [1.29, 1.82) is 0 Å². The summed E-state index contributed by atoms with van der Waals surface area (Å²) >= 11 is 5.31. The maximum absolute atomic E-state index is 13.3. The zero-order chi connectivity index (χ0) is 22.4. The van der Waals surface area contributed by atoms with Gasteiger partial charge in [0.1, 0.15) is 5.75 Å². The van der Waals surface area contributed by atoms with Gasteiger partial charge in [-0.1, -0.05) is 6.07 Å². The number of carbonyl (C=O) groups excluding carboxylic acids is 1. The third-order valence-corrected chi connectivity index (χ3v) is 5.24. The predicted octanol–water partition coefficient (Wildman–Crippen LogP) is 4.42. The number of hydrogen-bond donors (Lipinski definition) is 2. The number of carbonyl (C=O) groups is 1. The van der Waals surface area contributed by atoms with Crippen molar-refractivity contribution in [2.45, 2.75) is 38.8 Å². The fourth-order valence-corrected chi connectivity index (χ4v) is 3.42. The summed E-state index contributed by atoms with van der Waals surface area (Å²) in [5.74, 6) is -0.467. The van der Waals surface area contributed by atoms with Crippen LogP contribution in [0.2, 0.25) is 0 Å². The molecule has 1 aromatic heterocycles. The van der Waals surface area contributed by atoms with E-state index in [0.717, 1.165) is 17.4 Å². The predicted molar refractivity (Wildman–Crippen MR) is 116 cm³/mol. The molecule has 2 aromatic carbocycles. The number of benzene rings is 2. The van der Waals surface area contributed by atoms with Crippen LogP contribution >= 0.6 is 12.2 Å². The molecule has 1 atom stereocenters. The standard InChI is InChI=1S/C22H24F2N4O2S/c1-14(3-4-15-5-10-18(23)19(24)13-15)25-20(29)11-12-28-21(26-27-22(28)31)16-6-8-17(30-2)9-7-16/h5-10,13-14H,3-4,11-12H2,1-2H3,(H,25,29)(H,27,31). The Balaban J connectivity index is 1.54. The molecule has 0 aliphatic rings. The minimum Gasteiger partial charge on any atom is -0.497 e. The van der Waals surface area contributed by atoms with Crippen LogP contribution in [-0.4, -0.2) is 33.8 Å². The van der Waals surface area contributed by atoms with E-state index in [1.807, 2.05) is 31.2 Å².